The van der Waals surface area contributed by atoms with E-state index < -0.39 is 0 Å². The van der Waals surface area contributed by atoms with Crippen LogP contribution in [0.25, 0.3) is 0 Å². The molecule has 0 bridgehead atoms. The van der Waals surface area contributed by atoms with Gasteiger partial charge in [0.1, 0.15) is 5.82 Å². The number of hydrogen-bond donors (Lipinski definition) is 2. The molecule has 0 saturated heterocycles. The van der Waals surface area contributed by atoms with Gasteiger partial charge < -0.3 is 10.6 Å². The van der Waals surface area contributed by atoms with Crippen LogP contribution in [0.4, 0.5) is 4.39 Å². The summed E-state index contributed by atoms with van der Waals surface area (Å²) < 4.78 is 13.8. The van der Waals surface area contributed by atoms with E-state index in [1.807, 2.05) is 30.3 Å². The number of guanidine groups is 1. The summed E-state index contributed by atoms with van der Waals surface area (Å²) in [5.74, 6) is 0.803. The molecule has 1 aromatic carbocycles. The highest BCUT2D eigenvalue weighted by molar-refractivity contribution is 14.0. The number of hydrogen-bond acceptors (Lipinski definition) is 2. The Morgan fingerprint density at radius 3 is 2.74 bits per heavy atom. The quantitative estimate of drug-likeness (QED) is 0.449. The lowest BCUT2D eigenvalue weighted by molar-refractivity contribution is 0.607. The molecular weight excluding hydrogens is 406 g/mol. The van der Waals surface area contributed by atoms with Crippen molar-refractivity contribution in [3.05, 3.63) is 65.7 Å². The summed E-state index contributed by atoms with van der Waals surface area (Å²) in [4.78, 5) is 8.47. The van der Waals surface area contributed by atoms with Crippen molar-refractivity contribution < 1.29 is 4.39 Å². The first kappa shape index (κ1) is 17.7. The Hall–Kier alpha value is -1.70. The number of rotatable bonds is 4. The van der Waals surface area contributed by atoms with Crippen molar-refractivity contribution >= 4 is 29.9 Å². The molecule has 0 radical (unpaired) electrons. The molecule has 2 N–H and O–H groups in total. The van der Waals surface area contributed by atoms with Gasteiger partial charge in [-0.3, -0.25) is 9.98 Å². The highest BCUT2D eigenvalue weighted by atomic mass is 127. The number of nitrogens with zero attached hydrogens (tertiary/aromatic N) is 2. The number of aromatic nitrogens is 1. The zero-order valence-corrected chi connectivity index (χ0v) is 15.2. The van der Waals surface area contributed by atoms with Crippen LogP contribution >= 0.6 is 24.0 Å². The Kier molecular flexibility index (Phi) is 6.32. The fourth-order valence-electron chi connectivity index (χ4n) is 2.52. The maximum absolute atomic E-state index is 13.8. The van der Waals surface area contributed by atoms with Crippen molar-refractivity contribution in [1.82, 2.24) is 15.6 Å². The molecule has 0 spiro atoms. The fourth-order valence-corrected chi connectivity index (χ4v) is 2.52. The van der Waals surface area contributed by atoms with Crippen LogP contribution < -0.4 is 10.6 Å². The summed E-state index contributed by atoms with van der Waals surface area (Å²) in [7, 11) is 1.73. The zero-order valence-electron chi connectivity index (χ0n) is 12.9. The number of benzene rings is 1. The molecule has 122 valence electrons. The molecule has 23 heavy (non-hydrogen) atoms. The molecule has 1 fully saturated rings. The normalized spacial score (nSPS) is 19.7. The Bertz CT molecular complexity index is 663. The summed E-state index contributed by atoms with van der Waals surface area (Å²) in [5.41, 5.74) is 1.73. The van der Waals surface area contributed by atoms with E-state index in [0.717, 1.165) is 23.6 Å². The van der Waals surface area contributed by atoms with Gasteiger partial charge in [0.05, 0.1) is 12.2 Å². The van der Waals surface area contributed by atoms with Gasteiger partial charge in [-0.1, -0.05) is 24.3 Å². The fraction of sp³-hybridized carbons (Fsp3) is 0.294. The largest absolute Gasteiger partial charge is 0.353 e. The van der Waals surface area contributed by atoms with Crippen molar-refractivity contribution in [2.24, 2.45) is 4.99 Å². The first-order valence-electron chi connectivity index (χ1n) is 7.39. The van der Waals surface area contributed by atoms with E-state index in [1.165, 1.54) is 6.07 Å². The van der Waals surface area contributed by atoms with Gasteiger partial charge in [-0.2, -0.15) is 0 Å². The predicted molar refractivity (Wildman–Crippen MR) is 101 cm³/mol. The molecule has 0 amide bonds. The predicted octanol–water partition coefficient (Wildman–Crippen LogP) is 3.06. The van der Waals surface area contributed by atoms with Gasteiger partial charge in [0, 0.05) is 25.2 Å². The van der Waals surface area contributed by atoms with Crippen LogP contribution in [-0.4, -0.2) is 24.0 Å². The third kappa shape index (κ3) is 4.63. The van der Waals surface area contributed by atoms with E-state index in [-0.39, 0.29) is 41.8 Å². The second-order valence-electron chi connectivity index (χ2n) is 5.36. The average Bonchev–Trinajstić information content (AvgIpc) is 3.32. The number of nitrogens with one attached hydrogen (secondary N) is 2. The maximum atomic E-state index is 13.8. The van der Waals surface area contributed by atoms with Crippen LogP contribution in [0.1, 0.15) is 23.6 Å². The second kappa shape index (κ2) is 8.24. The zero-order chi connectivity index (χ0) is 15.4. The van der Waals surface area contributed by atoms with Crippen LogP contribution in [-0.2, 0) is 6.54 Å². The van der Waals surface area contributed by atoms with E-state index >= 15 is 0 Å². The van der Waals surface area contributed by atoms with Crippen molar-refractivity contribution in [3.63, 3.8) is 0 Å². The van der Waals surface area contributed by atoms with E-state index in [0.29, 0.717) is 6.54 Å². The van der Waals surface area contributed by atoms with Gasteiger partial charge in [-0.05, 0) is 30.2 Å². The molecule has 2 atom stereocenters. The third-order valence-electron chi connectivity index (χ3n) is 3.80. The summed E-state index contributed by atoms with van der Waals surface area (Å²) in [6.45, 7) is 0.609. The van der Waals surface area contributed by atoms with Gasteiger partial charge in [0.2, 0.25) is 0 Å². The van der Waals surface area contributed by atoms with Crippen LogP contribution in [0.3, 0.4) is 0 Å². The molecule has 1 saturated carbocycles. The summed E-state index contributed by atoms with van der Waals surface area (Å²) in [5, 5.41) is 6.56. The van der Waals surface area contributed by atoms with Crippen LogP contribution in [0.15, 0.2) is 53.7 Å². The number of halogens is 2. The lowest BCUT2D eigenvalue weighted by Gasteiger charge is -2.11. The molecule has 2 aromatic rings. The van der Waals surface area contributed by atoms with Gasteiger partial charge >= 0.3 is 0 Å². The van der Waals surface area contributed by atoms with Crippen molar-refractivity contribution in [1.29, 1.82) is 0 Å². The lowest BCUT2D eigenvalue weighted by atomic mass is 10.1. The van der Waals surface area contributed by atoms with Crippen LogP contribution in [0.2, 0.25) is 0 Å². The molecule has 3 rings (SSSR count). The third-order valence-corrected chi connectivity index (χ3v) is 3.80. The lowest BCUT2D eigenvalue weighted by Crippen LogP contribution is -2.38. The average molecular weight is 426 g/mol. The monoisotopic (exact) mass is 426 g/mol. The molecule has 1 heterocycles. The Labute approximate surface area is 152 Å². The number of aliphatic imine (C=N–C) groups is 1. The first-order valence-corrected chi connectivity index (χ1v) is 7.39. The molecule has 1 aliphatic carbocycles. The molecule has 4 nitrogen and oxygen atoms in total. The van der Waals surface area contributed by atoms with Crippen molar-refractivity contribution in [2.75, 3.05) is 7.05 Å². The van der Waals surface area contributed by atoms with E-state index in [2.05, 4.69) is 20.6 Å². The first-order chi connectivity index (χ1) is 10.8. The summed E-state index contributed by atoms with van der Waals surface area (Å²) in [6.07, 6.45) is 2.69. The second-order valence-corrected chi connectivity index (χ2v) is 5.36. The maximum Gasteiger partial charge on any atom is 0.191 e. The van der Waals surface area contributed by atoms with Gasteiger partial charge in [0.15, 0.2) is 5.96 Å². The summed E-state index contributed by atoms with van der Waals surface area (Å²) in [6, 6.07) is 13.0. The minimum absolute atomic E-state index is 0. The van der Waals surface area contributed by atoms with Crippen LogP contribution in [0, 0.1) is 5.82 Å². The molecule has 1 aromatic heterocycles. The molecule has 2 unspecified atom stereocenters. The highest BCUT2D eigenvalue weighted by Gasteiger charge is 2.40. The Balaban J connectivity index is 0.00000192. The standard InChI is InChI=1S/C17H19FN4.HI/c1-19-17(21-11-12-6-4-5-9-20-12)22-16-10-14(16)13-7-2-3-8-15(13)18;/h2-9,14,16H,10-11H2,1H3,(H2,19,21,22);1H. The van der Waals surface area contributed by atoms with E-state index in [4.69, 9.17) is 0 Å². The van der Waals surface area contributed by atoms with Crippen molar-refractivity contribution in [2.45, 2.75) is 24.9 Å². The minimum Gasteiger partial charge on any atom is -0.353 e. The van der Waals surface area contributed by atoms with E-state index in [1.54, 1.807) is 19.3 Å². The van der Waals surface area contributed by atoms with Gasteiger partial charge in [-0.25, -0.2) is 4.39 Å². The highest BCUT2D eigenvalue weighted by Crippen LogP contribution is 2.41. The van der Waals surface area contributed by atoms with E-state index in [9.17, 15) is 4.39 Å². The summed E-state index contributed by atoms with van der Waals surface area (Å²) >= 11 is 0. The smallest absolute Gasteiger partial charge is 0.191 e. The van der Waals surface area contributed by atoms with Gasteiger partial charge in [-0.15, -0.1) is 24.0 Å². The van der Waals surface area contributed by atoms with Crippen molar-refractivity contribution in [3.8, 4) is 0 Å². The minimum atomic E-state index is -0.131. The Morgan fingerprint density at radius 1 is 1.26 bits per heavy atom. The molecular formula is C17H20FIN4. The molecule has 0 aliphatic heterocycles. The SMILES string of the molecule is CN=C(NCc1ccccn1)NC1CC1c1ccccc1F.I. The number of pyridine rings is 1. The molecule has 6 heteroatoms. The topological polar surface area (TPSA) is 49.3 Å². The molecule has 1 aliphatic rings. The van der Waals surface area contributed by atoms with Gasteiger partial charge in [0.25, 0.3) is 0 Å². The Morgan fingerprint density at radius 2 is 2.04 bits per heavy atom. The van der Waals surface area contributed by atoms with Crippen LogP contribution in [0.5, 0.6) is 0 Å².